The number of hydrogen-bond donors (Lipinski definition) is 1. The van der Waals surface area contributed by atoms with E-state index in [2.05, 4.69) is 18.9 Å². The van der Waals surface area contributed by atoms with Crippen LogP contribution < -0.4 is 5.73 Å². The topological polar surface area (TPSA) is 60.9 Å². The summed E-state index contributed by atoms with van der Waals surface area (Å²) in [5, 5.41) is 4.49. The zero-order valence-corrected chi connectivity index (χ0v) is 12.1. The van der Waals surface area contributed by atoms with E-state index in [1.54, 1.807) is 0 Å². The molecule has 19 heavy (non-hydrogen) atoms. The lowest BCUT2D eigenvalue weighted by atomic mass is 9.78. The van der Waals surface area contributed by atoms with Gasteiger partial charge in [-0.3, -0.25) is 9.48 Å². The molecule has 1 aliphatic carbocycles. The van der Waals surface area contributed by atoms with Gasteiger partial charge in [-0.15, -0.1) is 0 Å². The molecular weight excluding hydrogens is 238 g/mol. The van der Waals surface area contributed by atoms with Crippen molar-refractivity contribution in [2.75, 3.05) is 0 Å². The van der Waals surface area contributed by atoms with E-state index in [-0.39, 0.29) is 5.78 Å². The van der Waals surface area contributed by atoms with Crippen LogP contribution in [0.4, 0.5) is 0 Å². The fourth-order valence-electron chi connectivity index (χ4n) is 2.71. The van der Waals surface area contributed by atoms with E-state index in [1.165, 1.54) is 6.42 Å². The lowest BCUT2D eigenvalue weighted by Crippen LogP contribution is -2.50. The van der Waals surface area contributed by atoms with Gasteiger partial charge in [0, 0.05) is 12.2 Å². The van der Waals surface area contributed by atoms with Gasteiger partial charge in [-0.05, 0) is 32.3 Å². The van der Waals surface area contributed by atoms with Crippen molar-refractivity contribution < 1.29 is 4.79 Å². The van der Waals surface area contributed by atoms with Gasteiger partial charge in [0.2, 0.25) is 0 Å². The highest BCUT2D eigenvalue weighted by Gasteiger charge is 2.35. The van der Waals surface area contributed by atoms with E-state index in [1.807, 2.05) is 16.9 Å². The molecule has 4 heteroatoms. The van der Waals surface area contributed by atoms with Crippen LogP contribution in [-0.4, -0.2) is 21.1 Å². The minimum absolute atomic E-state index is 0.154. The number of hydrogen-bond acceptors (Lipinski definition) is 3. The Morgan fingerprint density at radius 3 is 2.79 bits per heavy atom. The van der Waals surface area contributed by atoms with E-state index >= 15 is 0 Å². The second-order valence-electron chi connectivity index (χ2n) is 5.86. The fourth-order valence-corrected chi connectivity index (χ4v) is 2.71. The predicted molar refractivity (Wildman–Crippen MR) is 75.9 cm³/mol. The molecule has 0 aliphatic heterocycles. The number of carbonyl (C=O) groups excluding carboxylic acids is 1. The minimum atomic E-state index is -0.599. The molecule has 1 fully saturated rings. The summed E-state index contributed by atoms with van der Waals surface area (Å²) in [6.07, 6.45) is 8.38. The van der Waals surface area contributed by atoms with Gasteiger partial charge in [0.1, 0.15) is 0 Å². The van der Waals surface area contributed by atoms with E-state index in [4.69, 9.17) is 5.73 Å². The molecule has 1 unspecified atom stereocenters. The quantitative estimate of drug-likeness (QED) is 0.888. The Labute approximate surface area is 115 Å². The van der Waals surface area contributed by atoms with Crippen LogP contribution in [0.1, 0.15) is 64.1 Å². The van der Waals surface area contributed by atoms with Crippen LogP contribution in [0, 0.1) is 0 Å². The molecule has 2 N–H and O–H groups in total. The maximum absolute atomic E-state index is 12.4. The molecule has 0 saturated heterocycles. The number of rotatable bonds is 5. The number of aromatic nitrogens is 2. The summed E-state index contributed by atoms with van der Waals surface area (Å²) >= 11 is 0. The van der Waals surface area contributed by atoms with Gasteiger partial charge >= 0.3 is 0 Å². The normalized spacial score (nSPS) is 20.2. The van der Waals surface area contributed by atoms with Gasteiger partial charge in [-0.25, -0.2) is 0 Å². The molecule has 0 bridgehead atoms. The Morgan fingerprint density at radius 2 is 2.16 bits per heavy atom. The SMILES string of the molecule is CCC(C)n1ccc(CC(=O)C2(N)CCCCC2)n1. The summed E-state index contributed by atoms with van der Waals surface area (Å²) in [6, 6.07) is 2.32. The summed E-state index contributed by atoms with van der Waals surface area (Å²) in [7, 11) is 0. The van der Waals surface area contributed by atoms with Crippen LogP contribution in [0.3, 0.4) is 0 Å². The number of nitrogens with zero attached hydrogens (tertiary/aromatic N) is 2. The van der Waals surface area contributed by atoms with Gasteiger partial charge in [-0.2, -0.15) is 5.10 Å². The van der Waals surface area contributed by atoms with Crippen LogP contribution in [0.15, 0.2) is 12.3 Å². The van der Waals surface area contributed by atoms with Crippen molar-refractivity contribution >= 4 is 5.78 Å². The molecule has 1 aromatic heterocycles. The average Bonchev–Trinajstić information content (AvgIpc) is 2.87. The first-order chi connectivity index (χ1) is 9.05. The Balaban J connectivity index is 2.00. The minimum Gasteiger partial charge on any atom is -0.319 e. The smallest absolute Gasteiger partial charge is 0.158 e. The van der Waals surface area contributed by atoms with Crippen molar-refractivity contribution in [3.05, 3.63) is 18.0 Å². The monoisotopic (exact) mass is 263 g/mol. The highest BCUT2D eigenvalue weighted by molar-refractivity contribution is 5.89. The van der Waals surface area contributed by atoms with Crippen molar-refractivity contribution in [3.8, 4) is 0 Å². The number of nitrogens with two attached hydrogens (primary N) is 1. The van der Waals surface area contributed by atoms with E-state index in [0.29, 0.717) is 12.5 Å². The zero-order valence-electron chi connectivity index (χ0n) is 12.1. The van der Waals surface area contributed by atoms with Crippen molar-refractivity contribution in [1.82, 2.24) is 9.78 Å². The van der Waals surface area contributed by atoms with Gasteiger partial charge in [-0.1, -0.05) is 26.2 Å². The summed E-state index contributed by atoms with van der Waals surface area (Å²) in [5.41, 5.74) is 6.51. The van der Waals surface area contributed by atoms with Gasteiger partial charge < -0.3 is 5.73 Å². The Bertz CT molecular complexity index is 432. The zero-order chi connectivity index (χ0) is 13.9. The first-order valence-electron chi connectivity index (χ1n) is 7.41. The highest BCUT2D eigenvalue weighted by atomic mass is 16.1. The summed E-state index contributed by atoms with van der Waals surface area (Å²) in [4.78, 5) is 12.4. The standard InChI is InChI=1S/C15H25N3O/c1-3-12(2)18-10-7-13(17-18)11-14(19)15(16)8-5-4-6-9-15/h7,10,12H,3-6,8-9,11,16H2,1-2H3. The van der Waals surface area contributed by atoms with Gasteiger partial charge in [0.05, 0.1) is 17.7 Å². The third-order valence-electron chi connectivity index (χ3n) is 4.35. The van der Waals surface area contributed by atoms with Crippen molar-refractivity contribution in [2.45, 2.75) is 70.4 Å². The molecule has 0 spiro atoms. The van der Waals surface area contributed by atoms with Crippen molar-refractivity contribution in [2.24, 2.45) is 5.73 Å². The molecular formula is C15H25N3O. The summed E-state index contributed by atoms with van der Waals surface area (Å²) in [6.45, 7) is 4.26. The summed E-state index contributed by atoms with van der Waals surface area (Å²) in [5.74, 6) is 0.154. The highest BCUT2D eigenvalue weighted by Crippen LogP contribution is 2.27. The van der Waals surface area contributed by atoms with Crippen LogP contribution >= 0.6 is 0 Å². The third kappa shape index (κ3) is 3.24. The summed E-state index contributed by atoms with van der Waals surface area (Å²) < 4.78 is 1.94. The van der Waals surface area contributed by atoms with Crippen LogP contribution in [0.5, 0.6) is 0 Å². The molecule has 2 rings (SSSR count). The first-order valence-corrected chi connectivity index (χ1v) is 7.41. The molecule has 1 atom stereocenters. The Hall–Kier alpha value is -1.16. The van der Waals surface area contributed by atoms with E-state index in [0.717, 1.165) is 37.8 Å². The van der Waals surface area contributed by atoms with E-state index < -0.39 is 5.54 Å². The molecule has 1 aliphatic rings. The molecule has 1 heterocycles. The number of ketones is 1. The molecule has 0 amide bonds. The maximum atomic E-state index is 12.4. The Kier molecular flexibility index (Phi) is 4.40. The van der Waals surface area contributed by atoms with Crippen molar-refractivity contribution in [1.29, 1.82) is 0 Å². The molecule has 4 nitrogen and oxygen atoms in total. The first kappa shape index (κ1) is 14.3. The van der Waals surface area contributed by atoms with Gasteiger partial charge in [0.25, 0.3) is 0 Å². The second-order valence-corrected chi connectivity index (χ2v) is 5.86. The molecule has 0 radical (unpaired) electrons. The van der Waals surface area contributed by atoms with Gasteiger partial charge in [0.15, 0.2) is 5.78 Å². The molecule has 1 aromatic rings. The lowest BCUT2D eigenvalue weighted by Gasteiger charge is -2.31. The second kappa shape index (κ2) is 5.87. The average molecular weight is 263 g/mol. The molecule has 1 saturated carbocycles. The van der Waals surface area contributed by atoms with E-state index in [9.17, 15) is 4.79 Å². The lowest BCUT2D eigenvalue weighted by molar-refractivity contribution is -0.124. The van der Waals surface area contributed by atoms with Crippen molar-refractivity contribution in [3.63, 3.8) is 0 Å². The van der Waals surface area contributed by atoms with Crippen LogP contribution in [-0.2, 0) is 11.2 Å². The largest absolute Gasteiger partial charge is 0.319 e. The molecule has 106 valence electrons. The third-order valence-corrected chi connectivity index (χ3v) is 4.35. The van der Waals surface area contributed by atoms with Crippen LogP contribution in [0.25, 0.3) is 0 Å². The fraction of sp³-hybridized carbons (Fsp3) is 0.733. The molecule has 0 aromatic carbocycles. The predicted octanol–water partition coefficient (Wildman–Crippen LogP) is 2.63. The van der Waals surface area contributed by atoms with Crippen LogP contribution in [0.2, 0.25) is 0 Å². The maximum Gasteiger partial charge on any atom is 0.158 e. The number of carbonyl (C=O) groups is 1. The number of Topliss-reactive ketones (excluding diaryl/α,β-unsaturated/α-hetero) is 1. The Morgan fingerprint density at radius 1 is 1.47 bits per heavy atom.